The van der Waals surface area contributed by atoms with Gasteiger partial charge in [0.1, 0.15) is 17.7 Å². The minimum atomic E-state index is -1.13. The number of benzene rings is 3. The smallest absolute Gasteiger partial charge is 0.257 e. The predicted molar refractivity (Wildman–Crippen MR) is 116 cm³/mol. The molecule has 2 heterocycles. The lowest BCUT2D eigenvalue weighted by Gasteiger charge is -2.28. The van der Waals surface area contributed by atoms with Crippen molar-refractivity contribution in [2.75, 3.05) is 11.7 Å². The van der Waals surface area contributed by atoms with Gasteiger partial charge in [-0.2, -0.15) is 0 Å². The molecule has 7 nitrogen and oxygen atoms in total. The molecule has 0 aromatic heterocycles. The summed E-state index contributed by atoms with van der Waals surface area (Å²) in [4.78, 5) is 41.7. The van der Waals surface area contributed by atoms with Crippen LogP contribution in [0.3, 0.4) is 0 Å². The second-order valence-electron chi connectivity index (χ2n) is 7.89. The molecule has 1 fully saturated rings. The lowest BCUT2D eigenvalue weighted by Crippen LogP contribution is -2.45. The third-order valence-corrected chi connectivity index (χ3v) is 5.71. The van der Waals surface area contributed by atoms with Gasteiger partial charge in [0.15, 0.2) is 11.5 Å². The van der Waals surface area contributed by atoms with E-state index in [1.807, 2.05) is 0 Å². The maximum Gasteiger partial charge on any atom is 0.257 e. The van der Waals surface area contributed by atoms with E-state index in [-0.39, 0.29) is 31.0 Å². The highest BCUT2D eigenvalue weighted by Gasteiger charge is 2.44. The highest BCUT2D eigenvalue weighted by molar-refractivity contribution is 6.23. The zero-order valence-electron chi connectivity index (χ0n) is 17.7. The van der Waals surface area contributed by atoms with Crippen molar-refractivity contribution in [3.63, 3.8) is 0 Å². The van der Waals surface area contributed by atoms with Gasteiger partial charge in [-0.1, -0.05) is 12.1 Å². The predicted octanol–water partition coefficient (Wildman–Crippen LogP) is 3.67. The Kier molecular flexibility index (Phi) is 5.45. The van der Waals surface area contributed by atoms with E-state index in [2.05, 4.69) is 0 Å². The summed E-state index contributed by atoms with van der Waals surface area (Å²) in [5.74, 6) is -1.81. The van der Waals surface area contributed by atoms with Crippen LogP contribution in [0.15, 0.2) is 66.7 Å². The molecule has 3 aromatic rings. The average Bonchev–Trinajstić information content (AvgIpc) is 3.41. The Morgan fingerprint density at radius 1 is 0.941 bits per heavy atom. The zero-order valence-corrected chi connectivity index (χ0v) is 17.7. The Hall–Kier alpha value is -4.27. The lowest BCUT2D eigenvalue weighted by molar-refractivity contribution is -0.122. The first kappa shape index (κ1) is 21.6. The van der Waals surface area contributed by atoms with Gasteiger partial charge in [-0.05, 0) is 60.2 Å². The third-order valence-electron chi connectivity index (χ3n) is 5.71. The summed E-state index contributed by atoms with van der Waals surface area (Å²) in [6.07, 6.45) is -0.262. The van der Waals surface area contributed by atoms with Crippen LogP contribution in [0, 0.1) is 11.6 Å². The van der Waals surface area contributed by atoms with Gasteiger partial charge in [0.2, 0.25) is 12.7 Å². The first-order valence-corrected chi connectivity index (χ1v) is 10.5. The summed E-state index contributed by atoms with van der Waals surface area (Å²) in [6.45, 7) is 0.0416. The van der Waals surface area contributed by atoms with Crippen molar-refractivity contribution in [2.24, 2.45) is 0 Å². The van der Waals surface area contributed by atoms with Crippen molar-refractivity contribution in [3.05, 3.63) is 89.5 Å². The molecule has 0 unspecified atom stereocenters. The van der Waals surface area contributed by atoms with Gasteiger partial charge in [-0.3, -0.25) is 14.4 Å². The molecular weight excluding hydrogens is 446 g/mol. The normalized spacial score (nSPS) is 16.8. The number of carbonyl (C=O) groups is 3. The first-order chi connectivity index (χ1) is 16.4. The second kappa shape index (κ2) is 8.58. The molecule has 3 amide bonds. The van der Waals surface area contributed by atoms with Gasteiger partial charge >= 0.3 is 0 Å². The monoisotopic (exact) mass is 464 g/mol. The molecule has 2 aliphatic heterocycles. The van der Waals surface area contributed by atoms with Crippen LogP contribution < -0.4 is 14.4 Å². The maximum absolute atomic E-state index is 13.8. The second-order valence-corrected chi connectivity index (χ2v) is 7.89. The Bertz CT molecular complexity index is 1290. The van der Waals surface area contributed by atoms with E-state index in [1.165, 1.54) is 35.2 Å². The number of ether oxygens (including phenoxy) is 2. The summed E-state index contributed by atoms with van der Waals surface area (Å²) in [6, 6.07) is 14.0. The SMILES string of the molecule is O=C1C[C@@H](N(Cc2ccc3c(c2)OCO3)C(=O)c2cccc(F)c2)C(=O)N1c1ccc(F)cc1. The van der Waals surface area contributed by atoms with E-state index in [0.29, 0.717) is 17.1 Å². The number of imide groups is 1. The summed E-state index contributed by atoms with van der Waals surface area (Å²) in [5, 5.41) is 0. The van der Waals surface area contributed by atoms with Gasteiger partial charge < -0.3 is 14.4 Å². The Morgan fingerprint density at radius 2 is 1.71 bits per heavy atom. The highest BCUT2D eigenvalue weighted by atomic mass is 19.1. The van der Waals surface area contributed by atoms with Crippen LogP contribution in [0.4, 0.5) is 14.5 Å². The number of carbonyl (C=O) groups excluding carboxylic acids is 3. The minimum Gasteiger partial charge on any atom is -0.454 e. The Morgan fingerprint density at radius 3 is 2.47 bits per heavy atom. The van der Waals surface area contributed by atoms with E-state index in [4.69, 9.17) is 9.47 Å². The summed E-state index contributed by atoms with van der Waals surface area (Å²) >= 11 is 0. The average molecular weight is 464 g/mol. The summed E-state index contributed by atoms with van der Waals surface area (Å²) < 4.78 is 37.9. The number of hydrogen-bond acceptors (Lipinski definition) is 5. The van der Waals surface area contributed by atoms with E-state index in [9.17, 15) is 23.2 Å². The molecule has 0 saturated carbocycles. The molecule has 5 rings (SSSR count). The molecule has 34 heavy (non-hydrogen) atoms. The minimum absolute atomic E-state index is 0.0348. The Labute approximate surface area is 193 Å². The quantitative estimate of drug-likeness (QED) is 0.539. The van der Waals surface area contributed by atoms with Crippen molar-refractivity contribution in [2.45, 2.75) is 19.0 Å². The number of nitrogens with zero attached hydrogens (tertiary/aromatic N) is 2. The van der Waals surface area contributed by atoms with Gasteiger partial charge in [-0.15, -0.1) is 0 Å². The zero-order chi connectivity index (χ0) is 23.8. The van der Waals surface area contributed by atoms with Crippen LogP contribution in [-0.4, -0.2) is 35.5 Å². The van der Waals surface area contributed by atoms with Crippen molar-refractivity contribution >= 4 is 23.4 Å². The van der Waals surface area contributed by atoms with Crippen molar-refractivity contribution < 1.29 is 32.6 Å². The molecule has 0 bridgehead atoms. The van der Waals surface area contributed by atoms with E-state index >= 15 is 0 Å². The molecular formula is C25H18F2N2O5. The molecule has 3 aromatic carbocycles. The van der Waals surface area contributed by atoms with E-state index < -0.39 is 35.4 Å². The molecule has 0 radical (unpaired) electrons. The largest absolute Gasteiger partial charge is 0.454 e. The van der Waals surface area contributed by atoms with Gasteiger partial charge in [0.05, 0.1) is 12.1 Å². The van der Waals surface area contributed by atoms with Crippen molar-refractivity contribution in [1.82, 2.24) is 4.90 Å². The highest BCUT2D eigenvalue weighted by Crippen LogP contribution is 2.34. The van der Waals surface area contributed by atoms with Gasteiger partial charge in [0, 0.05) is 12.1 Å². The third kappa shape index (κ3) is 3.96. The van der Waals surface area contributed by atoms with Gasteiger partial charge in [0.25, 0.3) is 11.8 Å². The molecule has 1 atom stereocenters. The number of halogens is 2. The fourth-order valence-electron chi connectivity index (χ4n) is 4.07. The summed E-state index contributed by atoms with van der Waals surface area (Å²) in [5.41, 5.74) is 0.885. The molecule has 0 spiro atoms. The van der Waals surface area contributed by atoms with Crippen LogP contribution in [-0.2, 0) is 16.1 Å². The van der Waals surface area contributed by atoms with Crippen LogP contribution in [0.2, 0.25) is 0 Å². The van der Waals surface area contributed by atoms with Crippen molar-refractivity contribution in [1.29, 1.82) is 0 Å². The lowest BCUT2D eigenvalue weighted by atomic mass is 10.1. The van der Waals surface area contributed by atoms with Gasteiger partial charge in [-0.25, -0.2) is 13.7 Å². The standard InChI is InChI=1S/C25H18F2N2O5/c26-17-5-7-19(8-6-17)29-23(30)12-20(25(29)32)28(24(31)16-2-1-3-18(27)11-16)13-15-4-9-21-22(10-15)34-14-33-21/h1-11,20H,12-14H2/t20-/m1/s1. The molecule has 1 saturated heterocycles. The van der Waals surface area contributed by atoms with Crippen LogP contribution in [0.5, 0.6) is 11.5 Å². The topological polar surface area (TPSA) is 76.1 Å². The molecule has 9 heteroatoms. The molecule has 0 aliphatic carbocycles. The maximum atomic E-state index is 13.8. The van der Waals surface area contributed by atoms with Crippen molar-refractivity contribution in [3.8, 4) is 11.5 Å². The summed E-state index contributed by atoms with van der Waals surface area (Å²) in [7, 11) is 0. The molecule has 172 valence electrons. The number of anilines is 1. The van der Waals surface area contributed by atoms with Crippen LogP contribution >= 0.6 is 0 Å². The fourth-order valence-corrected chi connectivity index (χ4v) is 4.07. The first-order valence-electron chi connectivity index (χ1n) is 10.5. The fraction of sp³-hybridized carbons (Fsp3) is 0.160. The Balaban J connectivity index is 1.50. The number of amides is 3. The number of rotatable bonds is 5. The van der Waals surface area contributed by atoms with Crippen LogP contribution in [0.1, 0.15) is 22.3 Å². The number of fused-ring (bicyclic) bond motifs is 1. The van der Waals surface area contributed by atoms with E-state index in [1.54, 1.807) is 18.2 Å². The molecule has 2 aliphatic rings. The molecule has 0 N–H and O–H groups in total. The van der Waals surface area contributed by atoms with E-state index in [0.717, 1.165) is 23.1 Å². The van der Waals surface area contributed by atoms with Crippen LogP contribution in [0.25, 0.3) is 0 Å². The number of hydrogen-bond donors (Lipinski definition) is 0.